The van der Waals surface area contributed by atoms with Crippen molar-refractivity contribution in [3.63, 3.8) is 0 Å². The molecule has 2 heterocycles. The Bertz CT molecular complexity index is 569. The summed E-state index contributed by atoms with van der Waals surface area (Å²) in [7, 11) is -3.93. The van der Waals surface area contributed by atoms with Crippen molar-refractivity contribution in [2.24, 2.45) is 5.92 Å². The van der Waals surface area contributed by atoms with Gasteiger partial charge in [-0.1, -0.05) is 0 Å². The first kappa shape index (κ1) is 13.9. The van der Waals surface area contributed by atoms with E-state index >= 15 is 0 Å². The molecule has 110 valence electrons. The fourth-order valence-corrected chi connectivity index (χ4v) is 3.51. The molecule has 1 aromatic rings. The van der Waals surface area contributed by atoms with Crippen molar-refractivity contribution < 1.29 is 17.7 Å². The summed E-state index contributed by atoms with van der Waals surface area (Å²) in [6.45, 7) is 0.495. The maximum Gasteiger partial charge on any atom is 0.265 e. The molecule has 0 bridgehead atoms. The first-order valence-corrected chi connectivity index (χ1v) is 8.51. The number of hydrogen-bond donors (Lipinski definition) is 1. The molecular formula is C13H18N2O4S. The molecule has 2 aliphatic rings. The highest BCUT2D eigenvalue weighted by Crippen LogP contribution is 2.38. The molecule has 7 heteroatoms. The maximum atomic E-state index is 11.0. The number of rotatable bonds is 4. The molecule has 2 atom stereocenters. The lowest BCUT2D eigenvalue weighted by atomic mass is 9.94. The van der Waals surface area contributed by atoms with Gasteiger partial charge < -0.3 is 4.74 Å². The topological polar surface area (TPSA) is 89.4 Å². The van der Waals surface area contributed by atoms with Gasteiger partial charge in [0.05, 0.1) is 11.9 Å². The minimum Gasteiger partial charge on any atom is -0.373 e. The van der Waals surface area contributed by atoms with Crippen LogP contribution in [0.5, 0.6) is 0 Å². The molecule has 0 spiro atoms. The van der Waals surface area contributed by atoms with Gasteiger partial charge in [-0.15, -0.1) is 0 Å². The lowest BCUT2D eigenvalue weighted by molar-refractivity contribution is -0.00628. The van der Waals surface area contributed by atoms with E-state index in [1.165, 1.54) is 0 Å². The molecule has 0 aromatic carbocycles. The van der Waals surface area contributed by atoms with Gasteiger partial charge >= 0.3 is 0 Å². The fourth-order valence-electron chi connectivity index (χ4n) is 2.61. The molecule has 6 nitrogen and oxygen atoms in total. The molecule has 0 amide bonds. The number of ether oxygens (including phenoxy) is 1. The van der Waals surface area contributed by atoms with Crippen LogP contribution in [-0.4, -0.2) is 35.3 Å². The summed E-state index contributed by atoms with van der Waals surface area (Å²) < 4.78 is 36.5. The van der Waals surface area contributed by atoms with Gasteiger partial charge in [-0.3, -0.25) is 4.55 Å². The normalized spacial score (nSPS) is 27.4. The van der Waals surface area contributed by atoms with E-state index < -0.39 is 10.1 Å². The van der Waals surface area contributed by atoms with Crippen molar-refractivity contribution in [3.8, 4) is 0 Å². The highest BCUT2D eigenvalue weighted by Gasteiger charge is 2.29. The van der Waals surface area contributed by atoms with E-state index in [0.29, 0.717) is 25.4 Å². The van der Waals surface area contributed by atoms with E-state index in [-0.39, 0.29) is 17.8 Å². The van der Waals surface area contributed by atoms with Crippen molar-refractivity contribution >= 4 is 10.1 Å². The number of hydrogen-bond acceptors (Lipinski definition) is 5. The molecule has 0 radical (unpaired) electrons. The van der Waals surface area contributed by atoms with Gasteiger partial charge in [0.25, 0.3) is 10.1 Å². The highest BCUT2D eigenvalue weighted by atomic mass is 32.2. The first-order valence-electron chi connectivity index (χ1n) is 6.90. The Morgan fingerprint density at radius 1 is 1.25 bits per heavy atom. The lowest BCUT2D eigenvalue weighted by Gasteiger charge is -2.28. The second-order valence-electron chi connectivity index (χ2n) is 5.65. The van der Waals surface area contributed by atoms with Gasteiger partial charge in [-0.2, -0.15) is 8.42 Å². The van der Waals surface area contributed by atoms with E-state index in [1.54, 1.807) is 12.4 Å². The number of aromatic nitrogens is 2. The first-order chi connectivity index (χ1) is 9.51. The van der Waals surface area contributed by atoms with Crippen LogP contribution in [0, 0.1) is 5.92 Å². The van der Waals surface area contributed by atoms with Gasteiger partial charge in [-0.05, 0) is 31.6 Å². The Morgan fingerprint density at radius 3 is 2.55 bits per heavy atom. The van der Waals surface area contributed by atoms with Crippen LogP contribution in [0.25, 0.3) is 0 Å². The van der Waals surface area contributed by atoms with Crippen LogP contribution in [0.15, 0.2) is 12.4 Å². The van der Waals surface area contributed by atoms with Crippen molar-refractivity contribution in [2.45, 2.75) is 37.7 Å². The molecule has 1 N–H and O–H groups in total. The van der Waals surface area contributed by atoms with Crippen molar-refractivity contribution in [3.05, 3.63) is 23.8 Å². The Kier molecular flexibility index (Phi) is 3.74. The van der Waals surface area contributed by atoms with Gasteiger partial charge in [0.1, 0.15) is 5.82 Å². The predicted octanol–water partition coefficient (Wildman–Crippen LogP) is 1.71. The summed E-state index contributed by atoms with van der Waals surface area (Å²) in [4.78, 5) is 8.71. The molecule has 1 saturated heterocycles. The minimum absolute atomic E-state index is 0.0770. The van der Waals surface area contributed by atoms with Crippen molar-refractivity contribution in [1.29, 1.82) is 0 Å². The van der Waals surface area contributed by atoms with E-state index in [2.05, 4.69) is 9.97 Å². The van der Waals surface area contributed by atoms with E-state index in [9.17, 15) is 8.42 Å². The van der Waals surface area contributed by atoms with Gasteiger partial charge in [0.15, 0.2) is 0 Å². The molecular weight excluding hydrogens is 280 g/mol. The zero-order valence-electron chi connectivity index (χ0n) is 11.1. The molecule has 1 aliphatic carbocycles. The van der Waals surface area contributed by atoms with Crippen LogP contribution in [-0.2, 0) is 14.9 Å². The summed E-state index contributed by atoms with van der Waals surface area (Å²) in [5.74, 6) is 1.13. The summed E-state index contributed by atoms with van der Waals surface area (Å²) in [6, 6.07) is 0. The van der Waals surface area contributed by atoms with Crippen LogP contribution in [0.3, 0.4) is 0 Å². The van der Waals surface area contributed by atoms with Gasteiger partial charge in [-0.25, -0.2) is 9.97 Å². The Morgan fingerprint density at radius 2 is 1.95 bits per heavy atom. The smallest absolute Gasteiger partial charge is 0.265 e. The average molecular weight is 298 g/mol. The SMILES string of the molecule is O=S(=O)(O)CC1CCOC(c2cnc(C3CC3)nc2)C1. The lowest BCUT2D eigenvalue weighted by Crippen LogP contribution is -2.25. The molecule has 2 fully saturated rings. The Balaban J connectivity index is 1.66. The van der Waals surface area contributed by atoms with E-state index in [1.807, 2.05) is 0 Å². The molecule has 20 heavy (non-hydrogen) atoms. The van der Waals surface area contributed by atoms with E-state index in [0.717, 1.165) is 24.2 Å². The van der Waals surface area contributed by atoms with Crippen LogP contribution in [0.2, 0.25) is 0 Å². The van der Waals surface area contributed by atoms with Crippen LogP contribution in [0.1, 0.15) is 49.1 Å². The molecule has 3 rings (SSSR count). The average Bonchev–Trinajstić information content (AvgIpc) is 3.21. The Hall–Kier alpha value is -1.05. The summed E-state index contributed by atoms with van der Waals surface area (Å²) in [5, 5.41) is 0. The monoisotopic (exact) mass is 298 g/mol. The van der Waals surface area contributed by atoms with Crippen molar-refractivity contribution in [1.82, 2.24) is 9.97 Å². The largest absolute Gasteiger partial charge is 0.373 e. The zero-order chi connectivity index (χ0) is 14.2. The van der Waals surface area contributed by atoms with Gasteiger partial charge in [0, 0.05) is 30.5 Å². The molecule has 1 aromatic heterocycles. The maximum absolute atomic E-state index is 11.0. The van der Waals surface area contributed by atoms with Crippen molar-refractivity contribution in [2.75, 3.05) is 12.4 Å². The van der Waals surface area contributed by atoms with Crippen LogP contribution < -0.4 is 0 Å². The second-order valence-corrected chi connectivity index (χ2v) is 7.14. The minimum atomic E-state index is -3.93. The molecule has 1 saturated carbocycles. The van der Waals surface area contributed by atoms with E-state index in [4.69, 9.17) is 9.29 Å². The molecule has 2 unspecified atom stereocenters. The molecule has 1 aliphatic heterocycles. The third kappa shape index (κ3) is 3.53. The third-order valence-corrected chi connectivity index (χ3v) is 4.74. The quantitative estimate of drug-likeness (QED) is 0.851. The standard InChI is InChI=1S/C13H18N2O4S/c16-20(17,18)8-9-3-4-19-12(5-9)11-6-14-13(15-7-11)10-1-2-10/h6-7,9-10,12H,1-5,8H2,(H,16,17,18). The van der Waals surface area contributed by atoms with Crippen LogP contribution in [0.4, 0.5) is 0 Å². The Labute approximate surface area is 118 Å². The van der Waals surface area contributed by atoms with Crippen LogP contribution >= 0.6 is 0 Å². The third-order valence-electron chi connectivity index (χ3n) is 3.84. The predicted molar refractivity (Wildman–Crippen MR) is 71.8 cm³/mol. The van der Waals surface area contributed by atoms with Gasteiger partial charge in [0.2, 0.25) is 0 Å². The zero-order valence-corrected chi connectivity index (χ0v) is 11.9. The fraction of sp³-hybridized carbons (Fsp3) is 0.692. The summed E-state index contributed by atoms with van der Waals surface area (Å²) >= 11 is 0. The summed E-state index contributed by atoms with van der Waals surface area (Å²) in [6.07, 6.45) is 6.93. The highest BCUT2D eigenvalue weighted by molar-refractivity contribution is 7.85. The second kappa shape index (κ2) is 5.38. The summed E-state index contributed by atoms with van der Waals surface area (Å²) in [5.41, 5.74) is 0.884. The number of nitrogens with zero attached hydrogens (tertiary/aromatic N) is 2.